The van der Waals surface area contributed by atoms with Crippen LogP contribution in [0.15, 0.2) is 58.6 Å². The van der Waals surface area contributed by atoms with Crippen LogP contribution < -0.4 is 5.32 Å². The average Bonchev–Trinajstić information content (AvgIpc) is 2.75. The molecule has 1 aromatic carbocycles. The molecule has 29 heavy (non-hydrogen) atoms. The summed E-state index contributed by atoms with van der Waals surface area (Å²) in [5.41, 5.74) is 1.04. The Labute approximate surface area is 177 Å². The van der Waals surface area contributed by atoms with E-state index in [1.54, 1.807) is 12.1 Å². The molecule has 1 aliphatic rings. The van der Waals surface area contributed by atoms with Crippen LogP contribution in [-0.4, -0.2) is 42.0 Å². The first kappa shape index (κ1) is 21.8. The Morgan fingerprint density at radius 3 is 2.38 bits per heavy atom. The number of thioether (sulfide) groups is 1. The number of nitrogens with one attached hydrogen (secondary N) is 1. The van der Waals surface area contributed by atoms with E-state index in [0.717, 1.165) is 24.8 Å². The monoisotopic (exact) mass is 433 g/mol. The lowest BCUT2D eigenvalue weighted by Gasteiger charge is -2.25. The lowest BCUT2D eigenvalue weighted by atomic mass is 10.1. The number of amides is 1. The van der Waals surface area contributed by atoms with Crippen molar-refractivity contribution in [3.8, 4) is 0 Å². The number of rotatable bonds is 7. The summed E-state index contributed by atoms with van der Waals surface area (Å²) in [5.74, 6) is -0.0850. The second-order valence-corrected chi connectivity index (χ2v) is 10.5. The first-order valence-electron chi connectivity index (χ1n) is 9.86. The summed E-state index contributed by atoms with van der Waals surface area (Å²) in [7, 11) is -3.49. The maximum Gasteiger partial charge on any atom is 0.244 e. The van der Waals surface area contributed by atoms with E-state index in [4.69, 9.17) is 0 Å². The summed E-state index contributed by atoms with van der Waals surface area (Å²) in [6.45, 7) is 4.90. The van der Waals surface area contributed by atoms with Crippen molar-refractivity contribution in [3.63, 3.8) is 0 Å². The molecule has 0 radical (unpaired) electrons. The van der Waals surface area contributed by atoms with Crippen molar-refractivity contribution in [1.82, 2.24) is 14.6 Å². The molecule has 1 amide bonds. The van der Waals surface area contributed by atoms with Crippen LogP contribution in [-0.2, 0) is 14.8 Å². The van der Waals surface area contributed by atoms with Gasteiger partial charge in [0.2, 0.25) is 15.9 Å². The van der Waals surface area contributed by atoms with E-state index in [9.17, 15) is 13.2 Å². The molecule has 1 fully saturated rings. The number of carbonyl (C=O) groups excluding carboxylic acids is 1. The molecule has 0 aliphatic carbocycles. The largest absolute Gasteiger partial charge is 0.349 e. The highest BCUT2D eigenvalue weighted by molar-refractivity contribution is 8.00. The molecule has 1 aromatic heterocycles. The zero-order valence-corrected chi connectivity index (χ0v) is 18.4. The highest BCUT2D eigenvalue weighted by atomic mass is 32.2. The Bertz CT molecular complexity index is 912. The van der Waals surface area contributed by atoms with Crippen LogP contribution >= 0.6 is 11.8 Å². The van der Waals surface area contributed by atoms with Gasteiger partial charge in [-0.25, -0.2) is 13.4 Å². The van der Waals surface area contributed by atoms with Crippen molar-refractivity contribution in [2.75, 3.05) is 13.1 Å². The fourth-order valence-electron chi connectivity index (χ4n) is 3.23. The van der Waals surface area contributed by atoms with Crippen LogP contribution in [0.2, 0.25) is 0 Å². The third-order valence-electron chi connectivity index (χ3n) is 4.99. The van der Waals surface area contributed by atoms with Crippen molar-refractivity contribution in [3.05, 3.63) is 54.2 Å². The van der Waals surface area contributed by atoms with Crippen LogP contribution in [0.3, 0.4) is 0 Å². The van der Waals surface area contributed by atoms with E-state index in [0.29, 0.717) is 18.1 Å². The minimum absolute atomic E-state index is 0.0850. The van der Waals surface area contributed by atoms with Crippen molar-refractivity contribution in [1.29, 1.82) is 0 Å². The Kier molecular flexibility index (Phi) is 7.32. The summed E-state index contributed by atoms with van der Waals surface area (Å²) in [5, 5.41) is 3.28. The standard InChI is InChI=1S/C21H27N3O3S2/c1-16(18-9-5-3-6-10-18)23-21(25)17(2)28-20-12-11-19(15-22-20)29(26,27)24-13-7-4-8-14-24/h3,5-6,9-12,15-17H,4,7-8,13-14H2,1-2H3,(H,23,25). The van der Waals surface area contributed by atoms with Gasteiger partial charge in [0.05, 0.1) is 16.3 Å². The number of pyridine rings is 1. The lowest BCUT2D eigenvalue weighted by Crippen LogP contribution is -2.35. The second-order valence-electron chi connectivity index (χ2n) is 7.20. The van der Waals surface area contributed by atoms with E-state index in [2.05, 4.69) is 10.3 Å². The molecule has 156 valence electrons. The summed E-state index contributed by atoms with van der Waals surface area (Å²) in [4.78, 5) is 17.0. The van der Waals surface area contributed by atoms with Crippen LogP contribution in [0.25, 0.3) is 0 Å². The molecule has 1 aliphatic heterocycles. The number of carbonyl (C=O) groups is 1. The van der Waals surface area contributed by atoms with Crippen LogP contribution in [0.4, 0.5) is 0 Å². The normalized spacial score (nSPS) is 17.4. The quantitative estimate of drug-likeness (QED) is 0.675. The molecule has 2 aromatic rings. The average molecular weight is 434 g/mol. The van der Waals surface area contributed by atoms with Gasteiger partial charge in [0.1, 0.15) is 4.90 Å². The number of sulfonamides is 1. The van der Waals surface area contributed by atoms with Gasteiger partial charge >= 0.3 is 0 Å². The third-order valence-corrected chi connectivity index (χ3v) is 7.92. The minimum Gasteiger partial charge on any atom is -0.349 e. The molecule has 1 saturated heterocycles. The number of hydrogen-bond acceptors (Lipinski definition) is 5. The molecule has 6 nitrogen and oxygen atoms in total. The fourth-order valence-corrected chi connectivity index (χ4v) is 5.49. The predicted octanol–water partition coefficient (Wildman–Crippen LogP) is 3.61. The first-order chi connectivity index (χ1) is 13.9. The molecule has 0 bridgehead atoms. The van der Waals surface area contributed by atoms with Crippen LogP contribution in [0, 0.1) is 0 Å². The smallest absolute Gasteiger partial charge is 0.244 e. The molecule has 1 N–H and O–H groups in total. The summed E-state index contributed by atoms with van der Waals surface area (Å²) in [6.07, 6.45) is 4.26. The van der Waals surface area contributed by atoms with Gasteiger partial charge in [-0.3, -0.25) is 4.79 Å². The fraction of sp³-hybridized carbons (Fsp3) is 0.429. The van der Waals surface area contributed by atoms with E-state index in [1.165, 1.54) is 22.3 Å². The maximum absolute atomic E-state index is 12.7. The number of nitrogens with zero attached hydrogens (tertiary/aromatic N) is 2. The highest BCUT2D eigenvalue weighted by Gasteiger charge is 2.26. The number of benzene rings is 1. The molecule has 0 spiro atoms. The molecule has 2 atom stereocenters. The van der Waals surface area contributed by atoms with E-state index in [1.807, 2.05) is 44.2 Å². The zero-order valence-electron chi connectivity index (χ0n) is 16.7. The molecule has 2 unspecified atom stereocenters. The SMILES string of the molecule is CC(Sc1ccc(S(=O)(=O)N2CCCCC2)cn1)C(=O)NC(C)c1ccccc1. The van der Waals surface area contributed by atoms with Crippen molar-refractivity contribution < 1.29 is 13.2 Å². The van der Waals surface area contributed by atoms with Crippen LogP contribution in [0.5, 0.6) is 0 Å². The third kappa shape index (κ3) is 5.58. The Morgan fingerprint density at radius 1 is 1.07 bits per heavy atom. The topological polar surface area (TPSA) is 79.4 Å². The molecule has 8 heteroatoms. The summed E-state index contributed by atoms with van der Waals surface area (Å²) >= 11 is 1.31. The number of hydrogen-bond donors (Lipinski definition) is 1. The van der Waals surface area contributed by atoms with Gasteiger partial charge < -0.3 is 5.32 Å². The maximum atomic E-state index is 12.7. The Balaban J connectivity index is 1.59. The first-order valence-corrected chi connectivity index (χ1v) is 12.2. The Morgan fingerprint density at radius 2 is 1.76 bits per heavy atom. The number of piperidine rings is 1. The van der Waals surface area contributed by atoms with Gasteiger partial charge in [0.15, 0.2) is 0 Å². The van der Waals surface area contributed by atoms with Gasteiger partial charge in [-0.1, -0.05) is 48.5 Å². The molecule has 3 rings (SSSR count). The molecule has 0 saturated carbocycles. The predicted molar refractivity (Wildman–Crippen MR) is 115 cm³/mol. The Hall–Kier alpha value is -1.90. The lowest BCUT2D eigenvalue weighted by molar-refractivity contribution is -0.120. The molecular formula is C21H27N3O3S2. The molecular weight excluding hydrogens is 406 g/mol. The van der Waals surface area contributed by atoms with Crippen molar-refractivity contribution in [2.24, 2.45) is 0 Å². The summed E-state index contributed by atoms with van der Waals surface area (Å²) < 4.78 is 26.9. The van der Waals surface area contributed by atoms with Gasteiger partial charge in [0, 0.05) is 19.3 Å². The highest BCUT2D eigenvalue weighted by Crippen LogP contribution is 2.25. The van der Waals surface area contributed by atoms with E-state index >= 15 is 0 Å². The minimum atomic E-state index is -3.49. The van der Waals surface area contributed by atoms with Gasteiger partial charge in [-0.05, 0) is 44.4 Å². The van der Waals surface area contributed by atoms with E-state index < -0.39 is 10.0 Å². The number of aromatic nitrogens is 1. The van der Waals surface area contributed by atoms with Gasteiger partial charge in [-0.2, -0.15) is 4.31 Å². The molecule has 2 heterocycles. The summed E-state index contributed by atoms with van der Waals surface area (Å²) in [6, 6.07) is 13.0. The van der Waals surface area contributed by atoms with Crippen molar-refractivity contribution in [2.45, 2.75) is 54.3 Å². The zero-order chi connectivity index (χ0) is 20.9. The van der Waals surface area contributed by atoms with Gasteiger partial charge in [-0.15, -0.1) is 0 Å². The van der Waals surface area contributed by atoms with Gasteiger partial charge in [0.25, 0.3) is 0 Å². The second kappa shape index (κ2) is 9.73. The van der Waals surface area contributed by atoms with Crippen molar-refractivity contribution >= 4 is 27.7 Å². The van der Waals surface area contributed by atoms with Crippen LogP contribution in [0.1, 0.15) is 44.7 Å². The van der Waals surface area contributed by atoms with E-state index in [-0.39, 0.29) is 22.1 Å².